The molecule has 0 bridgehead atoms. The fourth-order valence-electron chi connectivity index (χ4n) is 3.54. The summed E-state index contributed by atoms with van der Waals surface area (Å²) in [5.74, 6) is 0.0396. The Kier molecular flexibility index (Phi) is 5.42. The maximum Gasteiger partial charge on any atom is 0.341 e. The summed E-state index contributed by atoms with van der Waals surface area (Å²) >= 11 is 7.52. The summed E-state index contributed by atoms with van der Waals surface area (Å²) in [6.07, 6.45) is 5.69. The van der Waals surface area contributed by atoms with Crippen LogP contribution in [0.2, 0.25) is 5.02 Å². The summed E-state index contributed by atoms with van der Waals surface area (Å²) in [7, 11) is 0. The van der Waals surface area contributed by atoms with E-state index in [0.717, 1.165) is 41.7 Å². The number of hydrogen-bond donors (Lipinski definition) is 1. The lowest BCUT2D eigenvalue weighted by atomic mass is 9.95. The molecule has 0 saturated heterocycles. The molecule has 1 aliphatic heterocycles. The monoisotopic (exact) mass is 417 g/mol. The van der Waals surface area contributed by atoms with Crippen LogP contribution in [0.4, 0.5) is 5.00 Å². The second-order valence-corrected chi connectivity index (χ2v) is 8.27. The van der Waals surface area contributed by atoms with Gasteiger partial charge in [0.25, 0.3) is 5.91 Å². The zero-order chi connectivity index (χ0) is 19.7. The molecule has 0 spiro atoms. The third kappa shape index (κ3) is 3.66. The van der Waals surface area contributed by atoms with E-state index in [1.807, 2.05) is 0 Å². The van der Waals surface area contributed by atoms with Crippen LogP contribution in [0, 0.1) is 0 Å². The quantitative estimate of drug-likeness (QED) is 0.720. The number of carbonyl (C=O) groups excluding carboxylic acids is 2. The highest BCUT2D eigenvalue weighted by Gasteiger charge is 2.28. The number of thiophene rings is 1. The number of halogens is 1. The predicted octanol–water partition coefficient (Wildman–Crippen LogP) is 4.87. The van der Waals surface area contributed by atoms with E-state index in [2.05, 4.69) is 5.32 Å². The molecule has 4 rings (SSSR count). The fourth-order valence-corrected chi connectivity index (χ4v) is 4.99. The van der Waals surface area contributed by atoms with Crippen LogP contribution >= 0.6 is 22.9 Å². The Morgan fingerprint density at radius 3 is 2.93 bits per heavy atom. The lowest BCUT2D eigenvalue weighted by molar-refractivity contribution is -0.113. The van der Waals surface area contributed by atoms with E-state index in [0.29, 0.717) is 33.5 Å². The molecule has 2 aromatic rings. The first-order valence-electron chi connectivity index (χ1n) is 9.32. The minimum atomic E-state index is -0.372. The number of aryl methyl sites for hydroxylation is 1. The van der Waals surface area contributed by atoms with Gasteiger partial charge < -0.3 is 14.8 Å². The second kappa shape index (κ2) is 7.97. The summed E-state index contributed by atoms with van der Waals surface area (Å²) in [6, 6.07) is 5.30. The van der Waals surface area contributed by atoms with Crippen LogP contribution in [0.1, 0.15) is 46.1 Å². The van der Waals surface area contributed by atoms with Crippen molar-refractivity contribution in [3.8, 4) is 5.75 Å². The highest BCUT2D eigenvalue weighted by molar-refractivity contribution is 7.17. The van der Waals surface area contributed by atoms with E-state index in [4.69, 9.17) is 21.1 Å². The van der Waals surface area contributed by atoms with Crippen molar-refractivity contribution in [2.24, 2.45) is 0 Å². The van der Waals surface area contributed by atoms with Gasteiger partial charge in [-0.25, -0.2) is 4.79 Å². The average molecular weight is 418 g/mol. The van der Waals surface area contributed by atoms with Crippen LogP contribution < -0.4 is 10.1 Å². The number of ether oxygens (including phenoxy) is 2. The van der Waals surface area contributed by atoms with Gasteiger partial charge >= 0.3 is 5.97 Å². The molecule has 5 nitrogen and oxygen atoms in total. The first-order chi connectivity index (χ1) is 13.6. The molecule has 1 N–H and O–H groups in total. The van der Waals surface area contributed by atoms with Crippen molar-refractivity contribution < 1.29 is 19.1 Å². The molecule has 1 aromatic heterocycles. The molecule has 0 radical (unpaired) electrons. The van der Waals surface area contributed by atoms with Gasteiger partial charge in [-0.15, -0.1) is 11.3 Å². The van der Waals surface area contributed by atoms with E-state index in [-0.39, 0.29) is 18.5 Å². The zero-order valence-electron chi connectivity index (χ0n) is 15.5. The van der Waals surface area contributed by atoms with Crippen LogP contribution in [-0.4, -0.2) is 25.1 Å². The van der Waals surface area contributed by atoms with Gasteiger partial charge in [-0.2, -0.15) is 0 Å². The standard InChI is InChI=1S/C21H20ClNO4S/c1-2-26-21(25)18-15-5-3-4-6-17(15)28-20(18)23-19(24)13-9-12-10-14(22)7-8-16(12)27-11-13/h7-10H,2-6,11H2,1H3,(H,23,24). The lowest BCUT2D eigenvalue weighted by Gasteiger charge is -2.18. The summed E-state index contributed by atoms with van der Waals surface area (Å²) in [4.78, 5) is 26.6. The molecular weight excluding hydrogens is 398 g/mol. The number of rotatable bonds is 4. The summed E-state index contributed by atoms with van der Waals surface area (Å²) in [5.41, 5.74) is 2.78. The van der Waals surface area contributed by atoms with Crippen molar-refractivity contribution in [2.75, 3.05) is 18.5 Å². The molecule has 7 heteroatoms. The third-order valence-corrected chi connectivity index (χ3v) is 6.30. The number of esters is 1. The molecule has 1 aliphatic carbocycles. The van der Waals surface area contributed by atoms with Crippen molar-refractivity contribution in [3.63, 3.8) is 0 Å². The molecule has 146 valence electrons. The number of carbonyl (C=O) groups is 2. The minimum Gasteiger partial charge on any atom is -0.488 e. The third-order valence-electron chi connectivity index (χ3n) is 4.85. The van der Waals surface area contributed by atoms with E-state index in [1.165, 1.54) is 11.3 Å². The number of anilines is 1. The van der Waals surface area contributed by atoms with Crippen molar-refractivity contribution in [3.05, 3.63) is 50.4 Å². The first-order valence-corrected chi connectivity index (χ1v) is 10.5. The fraction of sp³-hybridized carbons (Fsp3) is 0.333. The summed E-state index contributed by atoms with van der Waals surface area (Å²) in [6.45, 7) is 2.25. The summed E-state index contributed by atoms with van der Waals surface area (Å²) in [5, 5.41) is 4.06. The number of hydrogen-bond acceptors (Lipinski definition) is 5. The normalized spacial score (nSPS) is 15.0. The van der Waals surface area contributed by atoms with Crippen LogP contribution in [0.3, 0.4) is 0 Å². The highest BCUT2D eigenvalue weighted by Crippen LogP contribution is 2.39. The maximum absolute atomic E-state index is 12.9. The summed E-state index contributed by atoms with van der Waals surface area (Å²) < 4.78 is 10.9. The Morgan fingerprint density at radius 1 is 1.29 bits per heavy atom. The first kappa shape index (κ1) is 19.0. The van der Waals surface area contributed by atoms with Crippen molar-refractivity contribution in [1.82, 2.24) is 0 Å². The number of benzene rings is 1. The molecule has 2 aliphatic rings. The van der Waals surface area contributed by atoms with Crippen LogP contribution in [0.5, 0.6) is 5.75 Å². The Labute approximate surface area is 172 Å². The van der Waals surface area contributed by atoms with E-state index >= 15 is 0 Å². The van der Waals surface area contributed by atoms with Gasteiger partial charge in [0.05, 0.1) is 17.7 Å². The van der Waals surface area contributed by atoms with Gasteiger partial charge in [0, 0.05) is 15.5 Å². The predicted molar refractivity (Wildman–Crippen MR) is 110 cm³/mol. The molecular formula is C21H20ClNO4S. The average Bonchev–Trinajstić information content (AvgIpc) is 3.05. The Bertz CT molecular complexity index is 979. The van der Waals surface area contributed by atoms with Gasteiger partial charge in [-0.1, -0.05) is 11.6 Å². The van der Waals surface area contributed by atoms with Crippen LogP contribution in [0.15, 0.2) is 23.8 Å². The Hall–Kier alpha value is -2.31. The van der Waals surface area contributed by atoms with Gasteiger partial charge in [0.15, 0.2) is 0 Å². The smallest absolute Gasteiger partial charge is 0.341 e. The molecule has 0 unspecified atom stereocenters. The molecule has 1 aromatic carbocycles. The van der Waals surface area contributed by atoms with Crippen molar-refractivity contribution in [1.29, 1.82) is 0 Å². The van der Waals surface area contributed by atoms with Crippen LogP contribution in [0.25, 0.3) is 6.08 Å². The van der Waals surface area contributed by atoms with Gasteiger partial charge in [-0.05, 0) is 62.4 Å². The lowest BCUT2D eigenvalue weighted by Crippen LogP contribution is -2.22. The van der Waals surface area contributed by atoms with Gasteiger partial charge in [0.2, 0.25) is 0 Å². The molecule has 0 atom stereocenters. The van der Waals surface area contributed by atoms with Crippen molar-refractivity contribution in [2.45, 2.75) is 32.6 Å². The minimum absolute atomic E-state index is 0.167. The molecule has 2 heterocycles. The number of fused-ring (bicyclic) bond motifs is 2. The molecule has 0 fully saturated rings. The molecule has 28 heavy (non-hydrogen) atoms. The van der Waals surface area contributed by atoms with E-state index in [1.54, 1.807) is 31.2 Å². The Balaban J connectivity index is 1.63. The van der Waals surface area contributed by atoms with E-state index < -0.39 is 0 Å². The zero-order valence-corrected chi connectivity index (χ0v) is 17.0. The molecule has 1 amide bonds. The topological polar surface area (TPSA) is 64.6 Å². The van der Waals surface area contributed by atoms with Crippen molar-refractivity contribution >= 4 is 45.9 Å². The number of nitrogens with one attached hydrogen (secondary N) is 1. The Morgan fingerprint density at radius 2 is 2.11 bits per heavy atom. The van der Waals surface area contributed by atoms with E-state index in [9.17, 15) is 9.59 Å². The highest BCUT2D eigenvalue weighted by atomic mass is 35.5. The van der Waals surface area contributed by atoms with Gasteiger partial charge in [0.1, 0.15) is 17.4 Å². The molecule has 0 saturated carbocycles. The largest absolute Gasteiger partial charge is 0.488 e. The number of amides is 1. The van der Waals surface area contributed by atoms with Crippen LogP contribution in [-0.2, 0) is 22.4 Å². The second-order valence-electron chi connectivity index (χ2n) is 6.73. The maximum atomic E-state index is 12.9. The van der Waals surface area contributed by atoms with Gasteiger partial charge in [-0.3, -0.25) is 4.79 Å². The SMILES string of the molecule is CCOC(=O)c1c(NC(=O)C2=Cc3cc(Cl)ccc3OC2)sc2c1CCCC2.